The molecule has 2 heterocycles. The first-order valence-corrected chi connectivity index (χ1v) is 7.86. The Morgan fingerprint density at radius 2 is 2.19 bits per heavy atom. The first-order valence-electron chi connectivity index (χ1n) is 6.71. The molecule has 2 unspecified atom stereocenters. The van der Waals surface area contributed by atoms with E-state index in [9.17, 15) is 4.79 Å². The summed E-state index contributed by atoms with van der Waals surface area (Å²) in [6.07, 6.45) is 7.22. The molecule has 2 aliphatic heterocycles. The molecular formula is C13H23NOS. The van der Waals surface area contributed by atoms with Crippen molar-refractivity contribution in [3.63, 3.8) is 0 Å². The molecule has 0 N–H and O–H groups in total. The summed E-state index contributed by atoms with van der Waals surface area (Å²) in [5.74, 6) is 3.09. The van der Waals surface area contributed by atoms with Crippen LogP contribution < -0.4 is 0 Å². The fourth-order valence-electron chi connectivity index (χ4n) is 2.89. The van der Waals surface area contributed by atoms with E-state index < -0.39 is 0 Å². The summed E-state index contributed by atoms with van der Waals surface area (Å²) >= 11 is 1.96. The van der Waals surface area contributed by atoms with Crippen LogP contribution in [0.25, 0.3) is 0 Å². The summed E-state index contributed by atoms with van der Waals surface area (Å²) in [7, 11) is 0. The maximum absolute atomic E-state index is 12.4. The molecule has 0 saturated carbocycles. The molecule has 1 amide bonds. The van der Waals surface area contributed by atoms with Crippen LogP contribution in [-0.2, 0) is 4.79 Å². The Morgan fingerprint density at radius 1 is 1.31 bits per heavy atom. The van der Waals surface area contributed by atoms with Crippen LogP contribution in [0, 0.1) is 5.92 Å². The minimum atomic E-state index is 0.325. The first kappa shape index (κ1) is 12.3. The Labute approximate surface area is 103 Å². The number of carbonyl (C=O) groups is 1. The topological polar surface area (TPSA) is 20.3 Å². The first-order chi connectivity index (χ1) is 7.83. The molecule has 2 nitrogen and oxygen atoms in total. The van der Waals surface area contributed by atoms with E-state index in [2.05, 4.69) is 11.8 Å². The van der Waals surface area contributed by atoms with Gasteiger partial charge in [0.1, 0.15) is 0 Å². The van der Waals surface area contributed by atoms with Crippen molar-refractivity contribution in [2.45, 2.75) is 51.5 Å². The molecule has 0 bridgehead atoms. The standard InChI is InChI=1S/C13H23NOS/c1-2-12-7-3-4-8-14(12)13(15)11-6-5-9-16-10-11/h11-12H,2-10H2,1H3. The Bertz CT molecular complexity index is 238. The van der Waals surface area contributed by atoms with Crippen LogP contribution in [0.2, 0.25) is 0 Å². The third-order valence-corrected chi connectivity index (χ3v) is 5.11. The quantitative estimate of drug-likeness (QED) is 0.741. The summed E-state index contributed by atoms with van der Waals surface area (Å²) in [4.78, 5) is 14.6. The number of amides is 1. The van der Waals surface area contributed by atoms with Crippen LogP contribution in [0.4, 0.5) is 0 Å². The van der Waals surface area contributed by atoms with Gasteiger partial charge < -0.3 is 4.90 Å². The second-order valence-electron chi connectivity index (χ2n) is 5.00. The van der Waals surface area contributed by atoms with E-state index in [1.807, 2.05) is 11.8 Å². The molecular weight excluding hydrogens is 218 g/mol. The minimum Gasteiger partial charge on any atom is -0.339 e. The van der Waals surface area contributed by atoms with E-state index >= 15 is 0 Å². The average Bonchev–Trinajstić information content (AvgIpc) is 2.39. The molecule has 2 atom stereocenters. The van der Waals surface area contributed by atoms with Crippen LogP contribution >= 0.6 is 11.8 Å². The second kappa shape index (κ2) is 5.95. The normalized spacial score (nSPS) is 31.4. The van der Waals surface area contributed by atoms with Crippen LogP contribution in [-0.4, -0.2) is 34.9 Å². The van der Waals surface area contributed by atoms with Crippen molar-refractivity contribution in [3.05, 3.63) is 0 Å². The van der Waals surface area contributed by atoms with Gasteiger partial charge in [-0.05, 0) is 44.3 Å². The van der Waals surface area contributed by atoms with Gasteiger partial charge in [0.15, 0.2) is 0 Å². The van der Waals surface area contributed by atoms with Gasteiger partial charge in [0, 0.05) is 24.3 Å². The van der Waals surface area contributed by atoms with Crippen molar-refractivity contribution >= 4 is 17.7 Å². The van der Waals surface area contributed by atoms with Gasteiger partial charge in [-0.3, -0.25) is 4.79 Å². The van der Waals surface area contributed by atoms with E-state index in [-0.39, 0.29) is 0 Å². The lowest BCUT2D eigenvalue weighted by atomic mass is 9.96. The highest BCUT2D eigenvalue weighted by atomic mass is 32.2. The monoisotopic (exact) mass is 241 g/mol. The van der Waals surface area contributed by atoms with Crippen LogP contribution in [0.3, 0.4) is 0 Å². The number of hydrogen-bond donors (Lipinski definition) is 0. The predicted molar refractivity (Wildman–Crippen MR) is 69.7 cm³/mol. The maximum Gasteiger partial charge on any atom is 0.226 e. The Hall–Kier alpha value is -0.180. The van der Waals surface area contributed by atoms with Crippen molar-refractivity contribution in [2.24, 2.45) is 5.92 Å². The maximum atomic E-state index is 12.4. The van der Waals surface area contributed by atoms with Crippen molar-refractivity contribution in [3.8, 4) is 0 Å². The van der Waals surface area contributed by atoms with Crippen molar-refractivity contribution in [1.29, 1.82) is 0 Å². The number of piperidine rings is 1. The molecule has 92 valence electrons. The molecule has 2 saturated heterocycles. The molecule has 0 aromatic heterocycles. The summed E-state index contributed by atoms with van der Waals surface area (Å²) < 4.78 is 0. The summed E-state index contributed by atoms with van der Waals surface area (Å²) in [5.41, 5.74) is 0. The number of nitrogens with zero attached hydrogens (tertiary/aromatic N) is 1. The zero-order chi connectivity index (χ0) is 11.4. The van der Waals surface area contributed by atoms with Crippen molar-refractivity contribution < 1.29 is 4.79 Å². The number of rotatable bonds is 2. The summed E-state index contributed by atoms with van der Waals surface area (Å²) in [5, 5.41) is 0. The van der Waals surface area contributed by atoms with Crippen molar-refractivity contribution in [1.82, 2.24) is 4.90 Å². The van der Waals surface area contributed by atoms with Gasteiger partial charge in [-0.2, -0.15) is 11.8 Å². The molecule has 0 aromatic rings. The number of likely N-dealkylation sites (tertiary alicyclic amines) is 1. The van der Waals surface area contributed by atoms with E-state index in [4.69, 9.17) is 0 Å². The molecule has 0 aromatic carbocycles. The fourth-order valence-corrected chi connectivity index (χ4v) is 4.02. The van der Waals surface area contributed by atoms with E-state index in [1.54, 1.807) is 0 Å². The lowest BCUT2D eigenvalue weighted by molar-refractivity contribution is -0.138. The van der Waals surface area contributed by atoms with Gasteiger partial charge in [-0.15, -0.1) is 0 Å². The summed E-state index contributed by atoms with van der Waals surface area (Å²) in [6, 6.07) is 0.535. The predicted octanol–water partition coefficient (Wildman–Crippen LogP) is 2.92. The fraction of sp³-hybridized carbons (Fsp3) is 0.923. The highest BCUT2D eigenvalue weighted by Crippen LogP contribution is 2.28. The average molecular weight is 241 g/mol. The van der Waals surface area contributed by atoms with E-state index in [1.165, 1.54) is 31.4 Å². The van der Waals surface area contributed by atoms with Crippen LogP contribution in [0.15, 0.2) is 0 Å². The second-order valence-corrected chi connectivity index (χ2v) is 6.15. The van der Waals surface area contributed by atoms with Gasteiger partial charge in [0.25, 0.3) is 0 Å². The Balaban J connectivity index is 1.95. The molecule has 2 aliphatic rings. The van der Waals surface area contributed by atoms with Crippen LogP contribution in [0.5, 0.6) is 0 Å². The third kappa shape index (κ3) is 2.73. The smallest absolute Gasteiger partial charge is 0.226 e. The van der Waals surface area contributed by atoms with Gasteiger partial charge in [-0.1, -0.05) is 6.92 Å². The molecule has 2 rings (SSSR count). The molecule has 0 spiro atoms. The number of thioether (sulfide) groups is 1. The summed E-state index contributed by atoms with van der Waals surface area (Å²) in [6.45, 7) is 3.23. The zero-order valence-corrected chi connectivity index (χ0v) is 11.1. The lowest BCUT2D eigenvalue weighted by Crippen LogP contribution is -2.47. The lowest BCUT2D eigenvalue weighted by Gasteiger charge is -2.38. The van der Waals surface area contributed by atoms with Crippen molar-refractivity contribution in [2.75, 3.05) is 18.1 Å². The van der Waals surface area contributed by atoms with Gasteiger partial charge in [0.05, 0.1) is 0 Å². The largest absolute Gasteiger partial charge is 0.339 e. The highest BCUT2D eigenvalue weighted by Gasteiger charge is 2.31. The minimum absolute atomic E-state index is 0.325. The molecule has 0 aliphatic carbocycles. The highest BCUT2D eigenvalue weighted by molar-refractivity contribution is 7.99. The molecule has 0 radical (unpaired) electrons. The molecule has 16 heavy (non-hydrogen) atoms. The molecule has 3 heteroatoms. The zero-order valence-electron chi connectivity index (χ0n) is 10.3. The molecule has 2 fully saturated rings. The van der Waals surface area contributed by atoms with E-state index in [0.29, 0.717) is 17.9 Å². The SMILES string of the molecule is CCC1CCCCN1C(=O)C1CCCSC1. The van der Waals surface area contributed by atoms with Crippen LogP contribution in [0.1, 0.15) is 45.4 Å². The van der Waals surface area contributed by atoms with Gasteiger partial charge >= 0.3 is 0 Å². The number of carbonyl (C=O) groups excluding carboxylic acids is 1. The van der Waals surface area contributed by atoms with Gasteiger partial charge in [0.2, 0.25) is 5.91 Å². The van der Waals surface area contributed by atoms with Gasteiger partial charge in [-0.25, -0.2) is 0 Å². The third-order valence-electron chi connectivity index (χ3n) is 3.89. The Morgan fingerprint density at radius 3 is 2.88 bits per heavy atom. The number of hydrogen-bond acceptors (Lipinski definition) is 2. The van der Waals surface area contributed by atoms with E-state index in [0.717, 1.165) is 25.1 Å². The Kier molecular flexibility index (Phi) is 4.56.